The van der Waals surface area contributed by atoms with E-state index in [4.69, 9.17) is 0 Å². The van der Waals surface area contributed by atoms with Crippen LogP contribution < -0.4 is 0 Å². The summed E-state index contributed by atoms with van der Waals surface area (Å²) in [5.74, 6) is 0. The standard InChI is InChI=1S/C16H23F3/c1-14(2,3)12-7-11(10-16(17,18)19)8-13(9-12)15(4,5)6/h7-9H,10H2,1-6H3. The molecule has 0 aromatic heterocycles. The van der Waals surface area contributed by atoms with E-state index in [1.54, 1.807) is 12.1 Å². The van der Waals surface area contributed by atoms with Gasteiger partial charge in [0.05, 0.1) is 6.42 Å². The molecule has 1 rings (SSSR count). The van der Waals surface area contributed by atoms with Gasteiger partial charge in [-0.25, -0.2) is 0 Å². The average molecular weight is 272 g/mol. The first-order valence-corrected chi connectivity index (χ1v) is 6.51. The smallest absolute Gasteiger partial charge is 0.171 e. The fraction of sp³-hybridized carbons (Fsp3) is 0.625. The summed E-state index contributed by atoms with van der Waals surface area (Å²) in [6.45, 7) is 12.1. The van der Waals surface area contributed by atoms with Gasteiger partial charge in [0.1, 0.15) is 0 Å². The molecule has 0 bridgehead atoms. The normalized spacial score (nSPS) is 13.7. The summed E-state index contributed by atoms with van der Waals surface area (Å²) in [4.78, 5) is 0. The highest BCUT2D eigenvalue weighted by atomic mass is 19.4. The molecule has 108 valence electrons. The van der Waals surface area contributed by atoms with Gasteiger partial charge < -0.3 is 0 Å². The molecule has 0 aliphatic heterocycles. The molecule has 0 saturated carbocycles. The van der Waals surface area contributed by atoms with E-state index < -0.39 is 12.6 Å². The van der Waals surface area contributed by atoms with Gasteiger partial charge in [0.25, 0.3) is 0 Å². The number of hydrogen-bond acceptors (Lipinski definition) is 0. The summed E-state index contributed by atoms with van der Waals surface area (Å²) in [5, 5.41) is 0. The lowest BCUT2D eigenvalue weighted by atomic mass is 9.79. The van der Waals surface area contributed by atoms with E-state index in [1.165, 1.54) is 0 Å². The molecule has 0 aliphatic rings. The van der Waals surface area contributed by atoms with E-state index in [1.807, 2.05) is 47.6 Å². The second kappa shape index (κ2) is 4.84. The minimum Gasteiger partial charge on any atom is -0.171 e. The lowest BCUT2D eigenvalue weighted by Gasteiger charge is -2.26. The van der Waals surface area contributed by atoms with E-state index in [9.17, 15) is 13.2 Å². The SMILES string of the molecule is CC(C)(C)c1cc(CC(F)(F)F)cc(C(C)(C)C)c1. The van der Waals surface area contributed by atoms with Crippen LogP contribution in [0.5, 0.6) is 0 Å². The van der Waals surface area contributed by atoms with Crippen LogP contribution in [0.25, 0.3) is 0 Å². The summed E-state index contributed by atoms with van der Waals surface area (Å²) < 4.78 is 37.8. The van der Waals surface area contributed by atoms with Crippen molar-refractivity contribution in [2.24, 2.45) is 0 Å². The van der Waals surface area contributed by atoms with Crippen LogP contribution in [0.4, 0.5) is 13.2 Å². The third-order valence-electron chi connectivity index (χ3n) is 3.13. The first-order chi connectivity index (χ1) is 8.29. The van der Waals surface area contributed by atoms with Crippen LogP contribution in [0.1, 0.15) is 58.2 Å². The van der Waals surface area contributed by atoms with Crippen molar-refractivity contribution in [3.8, 4) is 0 Å². The van der Waals surface area contributed by atoms with Crippen molar-refractivity contribution in [1.82, 2.24) is 0 Å². The summed E-state index contributed by atoms with van der Waals surface area (Å²) in [7, 11) is 0. The van der Waals surface area contributed by atoms with Crippen LogP contribution in [-0.2, 0) is 17.3 Å². The van der Waals surface area contributed by atoms with Crippen molar-refractivity contribution >= 4 is 0 Å². The van der Waals surface area contributed by atoms with Gasteiger partial charge in [0, 0.05) is 0 Å². The molecule has 0 radical (unpaired) electrons. The van der Waals surface area contributed by atoms with Gasteiger partial charge in [-0.3, -0.25) is 0 Å². The molecule has 0 nitrogen and oxygen atoms in total. The molecule has 1 aromatic carbocycles. The van der Waals surface area contributed by atoms with Crippen LogP contribution >= 0.6 is 0 Å². The molecule has 3 heteroatoms. The van der Waals surface area contributed by atoms with Gasteiger partial charge in [-0.1, -0.05) is 59.7 Å². The maximum absolute atomic E-state index is 12.6. The van der Waals surface area contributed by atoms with E-state index in [0.29, 0.717) is 5.56 Å². The molecule has 0 unspecified atom stereocenters. The molecule has 1 aromatic rings. The van der Waals surface area contributed by atoms with Crippen LogP contribution in [0.2, 0.25) is 0 Å². The minimum absolute atomic E-state index is 0.151. The van der Waals surface area contributed by atoms with E-state index in [2.05, 4.69) is 0 Å². The number of benzene rings is 1. The Bertz CT molecular complexity index is 410. The Labute approximate surface area is 114 Å². The summed E-state index contributed by atoms with van der Waals surface area (Å²) in [6.07, 6.45) is -5.02. The predicted octanol–water partition coefficient (Wildman–Crippen LogP) is 5.39. The number of hydrogen-bond donors (Lipinski definition) is 0. The zero-order valence-electron chi connectivity index (χ0n) is 12.6. The molecule has 0 aliphatic carbocycles. The lowest BCUT2D eigenvalue weighted by molar-refractivity contribution is -0.127. The first-order valence-electron chi connectivity index (χ1n) is 6.51. The number of alkyl halides is 3. The van der Waals surface area contributed by atoms with Crippen molar-refractivity contribution in [2.75, 3.05) is 0 Å². The maximum atomic E-state index is 12.6. The third-order valence-corrected chi connectivity index (χ3v) is 3.13. The fourth-order valence-corrected chi connectivity index (χ4v) is 1.89. The predicted molar refractivity (Wildman–Crippen MR) is 73.6 cm³/mol. The Morgan fingerprint density at radius 2 is 1.11 bits per heavy atom. The van der Waals surface area contributed by atoms with Crippen molar-refractivity contribution < 1.29 is 13.2 Å². The van der Waals surface area contributed by atoms with E-state index >= 15 is 0 Å². The van der Waals surface area contributed by atoms with Crippen molar-refractivity contribution in [3.05, 3.63) is 34.9 Å². The Hall–Kier alpha value is -0.990. The van der Waals surface area contributed by atoms with Gasteiger partial charge in [-0.05, 0) is 27.5 Å². The molecule has 0 atom stereocenters. The highest BCUT2D eigenvalue weighted by Crippen LogP contribution is 2.32. The molecule has 0 spiro atoms. The van der Waals surface area contributed by atoms with Crippen molar-refractivity contribution in [1.29, 1.82) is 0 Å². The van der Waals surface area contributed by atoms with Gasteiger partial charge in [-0.2, -0.15) is 13.2 Å². The Morgan fingerprint density at radius 1 is 0.737 bits per heavy atom. The molecule has 0 saturated heterocycles. The second-order valence-corrected chi connectivity index (χ2v) is 7.21. The Morgan fingerprint density at radius 3 is 1.37 bits per heavy atom. The monoisotopic (exact) mass is 272 g/mol. The largest absolute Gasteiger partial charge is 0.393 e. The van der Waals surface area contributed by atoms with Gasteiger partial charge in [0.15, 0.2) is 0 Å². The topological polar surface area (TPSA) is 0 Å². The van der Waals surface area contributed by atoms with Crippen LogP contribution in [0, 0.1) is 0 Å². The van der Waals surface area contributed by atoms with Gasteiger partial charge >= 0.3 is 6.18 Å². The second-order valence-electron chi connectivity index (χ2n) is 7.21. The molecule has 0 amide bonds. The average Bonchev–Trinajstić information content (AvgIpc) is 2.11. The van der Waals surface area contributed by atoms with Crippen molar-refractivity contribution in [3.63, 3.8) is 0 Å². The summed E-state index contributed by atoms with van der Waals surface area (Å²) in [6, 6.07) is 5.39. The maximum Gasteiger partial charge on any atom is 0.393 e. The summed E-state index contributed by atoms with van der Waals surface area (Å²) >= 11 is 0. The van der Waals surface area contributed by atoms with E-state index in [-0.39, 0.29) is 10.8 Å². The first kappa shape index (κ1) is 16.1. The number of rotatable bonds is 1. The minimum atomic E-state index is -4.16. The van der Waals surface area contributed by atoms with Crippen molar-refractivity contribution in [2.45, 2.75) is 65.0 Å². The third kappa shape index (κ3) is 4.88. The number of halogens is 3. The zero-order chi connectivity index (χ0) is 15.1. The molecule has 0 heterocycles. The molecular formula is C16H23F3. The summed E-state index contributed by atoms with van der Waals surface area (Å²) in [5.41, 5.74) is 1.96. The van der Waals surface area contributed by atoms with E-state index in [0.717, 1.165) is 11.1 Å². The highest BCUT2D eigenvalue weighted by molar-refractivity contribution is 5.37. The van der Waals surface area contributed by atoms with Crippen LogP contribution in [-0.4, -0.2) is 6.18 Å². The van der Waals surface area contributed by atoms with Gasteiger partial charge in [-0.15, -0.1) is 0 Å². The molecule has 19 heavy (non-hydrogen) atoms. The Kier molecular flexibility index (Phi) is 4.09. The lowest BCUT2D eigenvalue weighted by Crippen LogP contribution is -2.19. The quantitative estimate of drug-likeness (QED) is 0.643. The fourth-order valence-electron chi connectivity index (χ4n) is 1.89. The van der Waals surface area contributed by atoms with Gasteiger partial charge in [0.2, 0.25) is 0 Å². The zero-order valence-corrected chi connectivity index (χ0v) is 12.6. The van der Waals surface area contributed by atoms with Crippen LogP contribution in [0.3, 0.4) is 0 Å². The molecular weight excluding hydrogens is 249 g/mol. The molecule has 0 N–H and O–H groups in total. The molecule has 0 fully saturated rings. The van der Waals surface area contributed by atoms with Crippen LogP contribution in [0.15, 0.2) is 18.2 Å². The highest BCUT2D eigenvalue weighted by Gasteiger charge is 2.29. The Balaban J connectivity index is 3.33.